The number of amides is 1. The predicted molar refractivity (Wildman–Crippen MR) is 85.4 cm³/mol. The lowest BCUT2D eigenvalue weighted by molar-refractivity contribution is -0.124. The first kappa shape index (κ1) is 15.7. The van der Waals surface area contributed by atoms with Gasteiger partial charge in [0.2, 0.25) is 5.91 Å². The molecular formula is C14H20N4O2S. The van der Waals surface area contributed by atoms with Crippen molar-refractivity contribution in [1.29, 1.82) is 0 Å². The molecule has 2 heterocycles. The standard InChI is InChI=1S/C14H20N4O2S/c1-2-5-16-14(19)12-9-20-7-6-18(12)10-3-4-11(13(15)21)17-8-10/h3-4,8,12H,2,5-7,9H2,1H3,(H2,15,21)(H,16,19). The first-order valence-electron chi connectivity index (χ1n) is 7.01. The monoisotopic (exact) mass is 308 g/mol. The molecule has 0 bridgehead atoms. The quantitative estimate of drug-likeness (QED) is 0.769. The topological polar surface area (TPSA) is 80.5 Å². The molecule has 1 saturated heterocycles. The number of thiocarbonyl (C=S) groups is 1. The normalized spacial score (nSPS) is 18.3. The van der Waals surface area contributed by atoms with Gasteiger partial charge in [-0.3, -0.25) is 9.78 Å². The number of hydrogen-bond acceptors (Lipinski definition) is 5. The van der Waals surface area contributed by atoms with E-state index >= 15 is 0 Å². The second kappa shape index (κ2) is 7.33. The Morgan fingerprint density at radius 3 is 3.05 bits per heavy atom. The van der Waals surface area contributed by atoms with Gasteiger partial charge in [-0.25, -0.2) is 0 Å². The minimum Gasteiger partial charge on any atom is -0.388 e. The number of carbonyl (C=O) groups excluding carboxylic acids is 1. The first-order valence-corrected chi connectivity index (χ1v) is 7.42. The molecule has 1 amide bonds. The molecule has 3 N–H and O–H groups in total. The van der Waals surface area contributed by atoms with Crippen molar-refractivity contribution in [2.75, 3.05) is 31.2 Å². The van der Waals surface area contributed by atoms with Gasteiger partial charge in [0.1, 0.15) is 11.0 Å². The molecular weight excluding hydrogens is 288 g/mol. The molecule has 0 radical (unpaired) electrons. The van der Waals surface area contributed by atoms with E-state index in [1.165, 1.54) is 0 Å². The van der Waals surface area contributed by atoms with Crippen LogP contribution in [0.1, 0.15) is 19.0 Å². The number of nitrogens with zero attached hydrogens (tertiary/aromatic N) is 2. The van der Waals surface area contributed by atoms with Gasteiger partial charge in [-0.1, -0.05) is 19.1 Å². The van der Waals surface area contributed by atoms with E-state index in [0.717, 1.165) is 12.1 Å². The number of morpholine rings is 1. The zero-order valence-electron chi connectivity index (χ0n) is 12.0. The minimum atomic E-state index is -0.331. The summed E-state index contributed by atoms with van der Waals surface area (Å²) in [5, 5.41) is 2.91. The second-order valence-corrected chi connectivity index (χ2v) is 5.28. The summed E-state index contributed by atoms with van der Waals surface area (Å²) in [7, 11) is 0. The van der Waals surface area contributed by atoms with E-state index in [9.17, 15) is 4.79 Å². The van der Waals surface area contributed by atoms with Crippen LogP contribution in [0, 0.1) is 0 Å². The van der Waals surface area contributed by atoms with Crippen LogP contribution in [-0.2, 0) is 9.53 Å². The minimum absolute atomic E-state index is 0.0185. The van der Waals surface area contributed by atoms with E-state index in [4.69, 9.17) is 22.7 Å². The van der Waals surface area contributed by atoms with Gasteiger partial charge in [0.25, 0.3) is 0 Å². The highest BCUT2D eigenvalue weighted by atomic mass is 32.1. The number of hydrogen-bond donors (Lipinski definition) is 2. The van der Waals surface area contributed by atoms with E-state index in [1.807, 2.05) is 17.9 Å². The lowest BCUT2D eigenvalue weighted by atomic mass is 10.2. The maximum atomic E-state index is 12.2. The molecule has 1 fully saturated rings. The molecule has 114 valence electrons. The molecule has 0 aliphatic carbocycles. The third-order valence-corrected chi connectivity index (χ3v) is 3.52. The summed E-state index contributed by atoms with van der Waals surface area (Å²) >= 11 is 4.89. The Morgan fingerprint density at radius 2 is 2.43 bits per heavy atom. The van der Waals surface area contributed by atoms with Crippen molar-refractivity contribution < 1.29 is 9.53 Å². The van der Waals surface area contributed by atoms with Gasteiger partial charge in [-0.15, -0.1) is 0 Å². The molecule has 1 aliphatic rings. The zero-order valence-corrected chi connectivity index (χ0v) is 12.9. The molecule has 0 aromatic carbocycles. The fourth-order valence-corrected chi connectivity index (χ4v) is 2.32. The number of ether oxygens (including phenoxy) is 1. The summed E-state index contributed by atoms with van der Waals surface area (Å²) in [4.78, 5) is 18.7. The van der Waals surface area contributed by atoms with Crippen molar-refractivity contribution >= 4 is 28.8 Å². The maximum absolute atomic E-state index is 12.2. The molecule has 0 saturated carbocycles. The van der Waals surface area contributed by atoms with E-state index in [-0.39, 0.29) is 16.9 Å². The Balaban J connectivity index is 2.14. The average Bonchev–Trinajstić information content (AvgIpc) is 2.52. The van der Waals surface area contributed by atoms with Gasteiger partial charge in [0.05, 0.1) is 30.8 Å². The highest BCUT2D eigenvalue weighted by Gasteiger charge is 2.29. The fourth-order valence-electron chi connectivity index (χ4n) is 2.20. The van der Waals surface area contributed by atoms with Crippen molar-refractivity contribution in [2.24, 2.45) is 5.73 Å². The van der Waals surface area contributed by atoms with Crippen molar-refractivity contribution in [1.82, 2.24) is 10.3 Å². The summed E-state index contributed by atoms with van der Waals surface area (Å²) in [5.74, 6) is -0.0185. The summed E-state index contributed by atoms with van der Waals surface area (Å²) < 4.78 is 5.43. The molecule has 1 atom stereocenters. The van der Waals surface area contributed by atoms with E-state index in [1.54, 1.807) is 12.3 Å². The molecule has 7 heteroatoms. The Morgan fingerprint density at radius 1 is 1.62 bits per heavy atom. The highest BCUT2D eigenvalue weighted by molar-refractivity contribution is 7.80. The van der Waals surface area contributed by atoms with Gasteiger partial charge < -0.3 is 20.7 Å². The largest absolute Gasteiger partial charge is 0.388 e. The zero-order chi connectivity index (χ0) is 15.2. The average molecular weight is 308 g/mol. The van der Waals surface area contributed by atoms with Crippen LogP contribution < -0.4 is 16.0 Å². The van der Waals surface area contributed by atoms with Crippen LogP contribution in [0.15, 0.2) is 18.3 Å². The smallest absolute Gasteiger partial charge is 0.245 e. The van der Waals surface area contributed by atoms with Crippen LogP contribution >= 0.6 is 12.2 Å². The molecule has 1 aromatic rings. The molecule has 1 aliphatic heterocycles. The first-order chi connectivity index (χ1) is 10.1. The van der Waals surface area contributed by atoms with E-state index < -0.39 is 0 Å². The third kappa shape index (κ3) is 3.89. The third-order valence-electron chi connectivity index (χ3n) is 3.31. The summed E-state index contributed by atoms with van der Waals surface area (Å²) in [5.41, 5.74) is 6.99. The second-order valence-electron chi connectivity index (χ2n) is 4.84. The lowest BCUT2D eigenvalue weighted by Crippen LogP contribution is -2.54. The summed E-state index contributed by atoms with van der Waals surface area (Å²) in [6.45, 7) is 4.31. The number of nitrogens with one attached hydrogen (secondary N) is 1. The van der Waals surface area contributed by atoms with E-state index in [0.29, 0.717) is 32.0 Å². The lowest BCUT2D eigenvalue weighted by Gasteiger charge is -2.36. The summed E-state index contributed by atoms with van der Waals surface area (Å²) in [6.07, 6.45) is 2.60. The van der Waals surface area contributed by atoms with Crippen molar-refractivity contribution in [3.63, 3.8) is 0 Å². The Hall–Kier alpha value is -1.73. The van der Waals surface area contributed by atoms with Crippen LogP contribution in [0.3, 0.4) is 0 Å². The van der Waals surface area contributed by atoms with Gasteiger partial charge in [0, 0.05) is 13.1 Å². The molecule has 2 rings (SSSR count). The molecule has 1 aromatic heterocycles. The van der Waals surface area contributed by atoms with Gasteiger partial charge in [0.15, 0.2) is 0 Å². The van der Waals surface area contributed by atoms with Crippen LogP contribution in [0.2, 0.25) is 0 Å². The predicted octanol–water partition coefficient (Wildman–Crippen LogP) is 0.447. The Labute approximate surface area is 129 Å². The molecule has 21 heavy (non-hydrogen) atoms. The maximum Gasteiger partial charge on any atom is 0.245 e. The highest BCUT2D eigenvalue weighted by Crippen LogP contribution is 2.19. The molecule has 0 spiro atoms. The number of anilines is 1. The number of pyridine rings is 1. The van der Waals surface area contributed by atoms with Crippen molar-refractivity contribution in [3.8, 4) is 0 Å². The van der Waals surface area contributed by atoms with Crippen LogP contribution in [0.4, 0.5) is 5.69 Å². The van der Waals surface area contributed by atoms with Crippen LogP contribution in [-0.4, -0.2) is 48.2 Å². The van der Waals surface area contributed by atoms with Crippen LogP contribution in [0.25, 0.3) is 0 Å². The number of aromatic nitrogens is 1. The van der Waals surface area contributed by atoms with Gasteiger partial charge in [-0.2, -0.15) is 0 Å². The fraction of sp³-hybridized carbons (Fsp3) is 0.500. The van der Waals surface area contributed by atoms with Crippen molar-refractivity contribution in [3.05, 3.63) is 24.0 Å². The SMILES string of the molecule is CCCNC(=O)C1COCCN1c1ccc(C(N)=S)nc1. The van der Waals surface area contributed by atoms with Gasteiger partial charge >= 0.3 is 0 Å². The number of carbonyl (C=O) groups is 1. The Bertz CT molecular complexity index is 506. The molecule has 6 nitrogen and oxygen atoms in total. The van der Waals surface area contributed by atoms with Crippen LogP contribution in [0.5, 0.6) is 0 Å². The Kier molecular flexibility index (Phi) is 5.46. The summed E-state index contributed by atoms with van der Waals surface area (Å²) in [6, 6.07) is 3.32. The molecule has 1 unspecified atom stereocenters. The van der Waals surface area contributed by atoms with Crippen molar-refractivity contribution in [2.45, 2.75) is 19.4 Å². The van der Waals surface area contributed by atoms with Gasteiger partial charge in [-0.05, 0) is 18.6 Å². The number of nitrogens with two attached hydrogens (primary N) is 1. The van der Waals surface area contributed by atoms with E-state index in [2.05, 4.69) is 10.3 Å². The number of rotatable bonds is 5.